The number of allylic oxidation sites excluding steroid dienone is 4. The molecule has 0 saturated carbocycles. The monoisotopic (exact) mass is 400 g/mol. The molecule has 0 fully saturated rings. The van der Waals surface area contributed by atoms with Crippen LogP contribution in [0.15, 0.2) is 76.4 Å². The first-order chi connectivity index (χ1) is 14.3. The molecule has 0 saturated heterocycles. The van der Waals surface area contributed by atoms with Crippen LogP contribution in [0.1, 0.15) is 83.4 Å². The summed E-state index contributed by atoms with van der Waals surface area (Å²) in [7, 11) is 0. The second kappa shape index (κ2) is 9.47. The summed E-state index contributed by atoms with van der Waals surface area (Å²) in [6.07, 6.45) is 3.29. The van der Waals surface area contributed by atoms with Crippen LogP contribution in [0.25, 0.3) is 0 Å². The Morgan fingerprint density at radius 2 is 1.47 bits per heavy atom. The Morgan fingerprint density at radius 3 is 1.97 bits per heavy atom. The molecule has 0 aliphatic heterocycles. The van der Waals surface area contributed by atoms with Crippen molar-refractivity contribution in [3.05, 3.63) is 88.0 Å². The molecule has 3 rings (SSSR count). The van der Waals surface area contributed by atoms with Gasteiger partial charge in [-0.05, 0) is 54.9 Å². The first-order valence-corrected chi connectivity index (χ1v) is 11.2. The van der Waals surface area contributed by atoms with Crippen molar-refractivity contribution in [2.75, 3.05) is 5.43 Å². The van der Waals surface area contributed by atoms with Gasteiger partial charge in [0.15, 0.2) is 0 Å². The third-order valence-electron chi connectivity index (χ3n) is 6.39. The van der Waals surface area contributed by atoms with Gasteiger partial charge in [0.1, 0.15) is 0 Å². The molecule has 2 nitrogen and oxygen atoms in total. The molecule has 0 aromatic heterocycles. The zero-order chi connectivity index (χ0) is 21.8. The lowest BCUT2D eigenvalue weighted by Gasteiger charge is -2.20. The van der Waals surface area contributed by atoms with Gasteiger partial charge in [0.25, 0.3) is 0 Å². The predicted octanol–water partition coefficient (Wildman–Crippen LogP) is 8.05. The van der Waals surface area contributed by atoms with Gasteiger partial charge in [-0.25, -0.2) is 0 Å². The fraction of sp³-hybridized carbons (Fsp3) is 0.393. The van der Waals surface area contributed by atoms with Crippen LogP contribution in [0.5, 0.6) is 0 Å². The lowest BCUT2D eigenvalue weighted by atomic mass is 9.92. The zero-order valence-corrected chi connectivity index (χ0v) is 19.6. The quantitative estimate of drug-likeness (QED) is 0.369. The summed E-state index contributed by atoms with van der Waals surface area (Å²) in [5, 5.41) is 5.01. The van der Waals surface area contributed by atoms with Gasteiger partial charge >= 0.3 is 0 Å². The Balaban J connectivity index is 2.00. The molecule has 0 radical (unpaired) electrons. The molecule has 1 aliphatic rings. The van der Waals surface area contributed by atoms with E-state index in [4.69, 9.17) is 5.10 Å². The van der Waals surface area contributed by atoms with E-state index >= 15 is 0 Å². The van der Waals surface area contributed by atoms with Crippen LogP contribution in [-0.2, 0) is 0 Å². The van der Waals surface area contributed by atoms with E-state index in [1.165, 1.54) is 33.4 Å². The summed E-state index contributed by atoms with van der Waals surface area (Å²) < 4.78 is 0. The standard InChI is InChI=1S/C28H36N2/c1-18(2)25-14-11-15-26(19(3)4)28(25)30-29-27(23-12-9-8-10-13-23)17-24-16-20(5)21(6)22(24)7/h8-16,18-19,24,30H,17H2,1-7H3. The minimum Gasteiger partial charge on any atom is -0.278 e. The van der Waals surface area contributed by atoms with Gasteiger partial charge in [-0.1, -0.05) is 93.4 Å². The SMILES string of the molecule is CC1=CC(CC(=NNc2c(C(C)C)cccc2C(C)C)c2ccccc2)C(C)=C1C. The number of nitrogens with one attached hydrogen (secondary N) is 1. The molecule has 0 heterocycles. The minimum absolute atomic E-state index is 0.413. The third kappa shape index (κ3) is 4.75. The number of hydrazone groups is 1. The molecule has 158 valence electrons. The number of anilines is 1. The number of hydrogen-bond donors (Lipinski definition) is 1. The van der Waals surface area contributed by atoms with E-state index < -0.39 is 0 Å². The smallest absolute Gasteiger partial charge is 0.0688 e. The maximum absolute atomic E-state index is 5.01. The number of hydrogen-bond acceptors (Lipinski definition) is 2. The second-order valence-corrected chi connectivity index (χ2v) is 9.13. The largest absolute Gasteiger partial charge is 0.278 e. The van der Waals surface area contributed by atoms with Gasteiger partial charge in [0.05, 0.1) is 11.4 Å². The number of rotatable bonds is 7. The van der Waals surface area contributed by atoms with Crippen molar-refractivity contribution < 1.29 is 0 Å². The Hall–Kier alpha value is -2.61. The Labute approximate surface area is 182 Å². The van der Waals surface area contributed by atoms with Gasteiger partial charge in [0, 0.05) is 12.3 Å². The minimum atomic E-state index is 0.413. The average Bonchev–Trinajstić information content (AvgIpc) is 2.97. The Kier molecular flexibility index (Phi) is 6.97. The van der Waals surface area contributed by atoms with Crippen LogP contribution in [0, 0.1) is 5.92 Å². The number of benzene rings is 2. The maximum atomic E-state index is 5.01. The fourth-order valence-electron chi connectivity index (χ4n) is 4.22. The summed E-state index contributed by atoms with van der Waals surface area (Å²) >= 11 is 0. The van der Waals surface area contributed by atoms with Crippen molar-refractivity contribution in [1.82, 2.24) is 0 Å². The van der Waals surface area contributed by atoms with Gasteiger partial charge in [-0.15, -0.1) is 0 Å². The predicted molar refractivity (Wildman–Crippen MR) is 131 cm³/mol. The molecule has 2 aromatic carbocycles. The molecular formula is C28H36N2. The summed E-state index contributed by atoms with van der Waals surface area (Å²) in [6, 6.07) is 17.2. The summed E-state index contributed by atoms with van der Waals surface area (Å²) in [5.41, 5.74) is 13.9. The normalized spacial score (nSPS) is 17.2. The Morgan fingerprint density at radius 1 is 0.867 bits per heavy atom. The van der Waals surface area contributed by atoms with Crippen LogP contribution >= 0.6 is 0 Å². The van der Waals surface area contributed by atoms with Crippen molar-refractivity contribution >= 4 is 11.4 Å². The topological polar surface area (TPSA) is 24.4 Å². The molecule has 1 N–H and O–H groups in total. The molecule has 1 atom stereocenters. The van der Waals surface area contributed by atoms with Crippen LogP contribution < -0.4 is 5.43 Å². The summed E-state index contributed by atoms with van der Waals surface area (Å²) in [5.74, 6) is 1.29. The lowest BCUT2D eigenvalue weighted by Crippen LogP contribution is -2.12. The van der Waals surface area contributed by atoms with E-state index in [9.17, 15) is 0 Å². The molecule has 2 aromatic rings. The average molecular weight is 401 g/mol. The fourth-order valence-corrected chi connectivity index (χ4v) is 4.22. The molecule has 0 spiro atoms. The van der Waals surface area contributed by atoms with E-state index in [0.29, 0.717) is 17.8 Å². The number of para-hydroxylation sites is 1. The van der Waals surface area contributed by atoms with Gasteiger partial charge in [0.2, 0.25) is 0 Å². The van der Waals surface area contributed by atoms with E-state index in [1.807, 2.05) is 0 Å². The molecule has 0 amide bonds. The first kappa shape index (κ1) is 22.1. The van der Waals surface area contributed by atoms with Crippen LogP contribution in [0.4, 0.5) is 5.69 Å². The molecular weight excluding hydrogens is 364 g/mol. The highest BCUT2D eigenvalue weighted by atomic mass is 15.3. The Bertz CT molecular complexity index is 949. The highest BCUT2D eigenvalue weighted by molar-refractivity contribution is 6.01. The molecule has 1 aliphatic carbocycles. The van der Waals surface area contributed by atoms with Crippen LogP contribution in [0.3, 0.4) is 0 Å². The summed E-state index contributed by atoms with van der Waals surface area (Å²) in [4.78, 5) is 0. The van der Waals surface area contributed by atoms with Crippen molar-refractivity contribution in [1.29, 1.82) is 0 Å². The molecule has 2 heteroatoms. The van der Waals surface area contributed by atoms with E-state index in [-0.39, 0.29) is 0 Å². The second-order valence-electron chi connectivity index (χ2n) is 9.13. The van der Waals surface area contributed by atoms with Crippen molar-refractivity contribution in [3.8, 4) is 0 Å². The van der Waals surface area contributed by atoms with Crippen molar-refractivity contribution in [2.45, 2.75) is 66.7 Å². The van der Waals surface area contributed by atoms with E-state index in [1.54, 1.807) is 0 Å². The highest BCUT2D eigenvalue weighted by Gasteiger charge is 2.21. The molecule has 30 heavy (non-hydrogen) atoms. The first-order valence-electron chi connectivity index (χ1n) is 11.2. The third-order valence-corrected chi connectivity index (χ3v) is 6.39. The number of nitrogens with zero attached hydrogens (tertiary/aromatic N) is 1. The van der Waals surface area contributed by atoms with Crippen molar-refractivity contribution in [3.63, 3.8) is 0 Å². The molecule has 0 bridgehead atoms. The van der Waals surface area contributed by atoms with Gasteiger partial charge in [-0.2, -0.15) is 5.10 Å². The van der Waals surface area contributed by atoms with E-state index in [2.05, 4.69) is 108 Å². The summed E-state index contributed by atoms with van der Waals surface area (Å²) in [6.45, 7) is 15.7. The van der Waals surface area contributed by atoms with Gasteiger partial charge in [-0.3, -0.25) is 5.43 Å². The molecule has 1 unspecified atom stereocenters. The van der Waals surface area contributed by atoms with Crippen LogP contribution in [-0.4, -0.2) is 5.71 Å². The van der Waals surface area contributed by atoms with Crippen LogP contribution in [0.2, 0.25) is 0 Å². The van der Waals surface area contributed by atoms with Crippen molar-refractivity contribution in [2.24, 2.45) is 11.0 Å². The van der Waals surface area contributed by atoms with Gasteiger partial charge < -0.3 is 0 Å². The zero-order valence-electron chi connectivity index (χ0n) is 19.6. The van der Waals surface area contributed by atoms with E-state index in [0.717, 1.165) is 17.8 Å². The highest BCUT2D eigenvalue weighted by Crippen LogP contribution is 2.35. The maximum Gasteiger partial charge on any atom is 0.0688 e. The lowest BCUT2D eigenvalue weighted by molar-refractivity contribution is 0.806.